The van der Waals surface area contributed by atoms with Crippen LogP contribution in [-0.2, 0) is 0 Å². The summed E-state index contributed by atoms with van der Waals surface area (Å²) in [4.78, 5) is 0. The summed E-state index contributed by atoms with van der Waals surface area (Å²) in [7, 11) is 0. The van der Waals surface area contributed by atoms with Crippen molar-refractivity contribution in [1.82, 2.24) is 0 Å². The highest BCUT2D eigenvalue weighted by atomic mass is 35.5. The minimum atomic E-state index is 0. The van der Waals surface area contributed by atoms with Crippen molar-refractivity contribution >= 4 is 24.0 Å². The second kappa shape index (κ2) is 5.64. The molecule has 0 saturated carbocycles. The van der Waals surface area contributed by atoms with E-state index in [1.165, 1.54) is 0 Å². The van der Waals surface area contributed by atoms with Crippen LogP contribution in [0.25, 0.3) is 0 Å². The molecule has 0 atom stereocenters. The summed E-state index contributed by atoms with van der Waals surface area (Å²) >= 11 is 5.95. The van der Waals surface area contributed by atoms with Crippen molar-refractivity contribution in [3.05, 3.63) is 59.6 Å². The van der Waals surface area contributed by atoms with Crippen LogP contribution in [0.15, 0.2) is 54.6 Å². The van der Waals surface area contributed by atoms with Gasteiger partial charge in [0.15, 0.2) is 0 Å². The molecule has 0 bridgehead atoms. The lowest BCUT2D eigenvalue weighted by atomic mass is 10.3. The number of benzene rings is 2. The van der Waals surface area contributed by atoms with Gasteiger partial charge in [-0.05, 0) is 24.3 Å². The van der Waals surface area contributed by atoms with Crippen molar-refractivity contribution in [1.29, 1.82) is 0 Å². The molecule has 0 radical (unpaired) electrons. The molecule has 0 fully saturated rings. The van der Waals surface area contributed by atoms with E-state index >= 15 is 0 Å². The Morgan fingerprint density at radius 3 is 2.07 bits per heavy atom. The highest BCUT2D eigenvalue weighted by Gasteiger charge is 1.99. The lowest BCUT2D eigenvalue weighted by Gasteiger charge is -2.06. The summed E-state index contributed by atoms with van der Waals surface area (Å²) in [6.07, 6.45) is 0. The van der Waals surface area contributed by atoms with Crippen molar-refractivity contribution in [2.75, 3.05) is 0 Å². The summed E-state index contributed by atoms with van der Waals surface area (Å²) in [6, 6.07) is 17.0. The molecule has 2 aromatic carbocycles. The van der Waals surface area contributed by atoms with Crippen LogP contribution in [0.1, 0.15) is 0 Å². The lowest BCUT2D eigenvalue weighted by molar-refractivity contribution is 0.483. The van der Waals surface area contributed by atoms with E-state index in [0.29, 0.717) is 10.8 Å². The Hall–Kier alpha value is -1.18. The molecular weight excluding hydrogens is 231 g/mol. The van der Waals surface area contributed by atoms with Crippen molar-refractivity contribution in [3.63, 3.8) is 0 Å². The van der Waals surface area contributed by atoms with Crippen LogP contribution in [-0.4, -0.2) is 0 Å². The molecule has 0 unspecified atom stereocenters. The van der Waals surface area contributed by atoms with Crippen molar-refractivity contribution in [3.8, 4) is 11.5 Å². The molecule has 15 heavy (non-hydrogen) atoms. The van der Waals surface area contributed by atoms with Crippen LogP contribution in [0.2, 0.25) is 5.02 Å². The predicted molar refractivity (Wildman–Crippen MR) is 65.2 cm³/mol. The second-order valence-corrected chi connectivity index (χ2v) is 3.25. The average molecular weight is 241 g/mol. The molecule has 78 valence electrons. The fraction of sp³-hybridized carbons (Fsp3) is 0. The van der Waals surface area contributed by atoms with E-state index in [0.717, 1.165) is 5.75 Å². The SMILES string of the molecule is Cl.Clc1ccccc1Oc1ccccc1. The molecule has 0 aliphatic carbocycles. The van der Waals surface area contributed by atoms with Gasteiger partial charge in [0, 0.05) is 0 Å². The molecule has 0 aliphatic rings. The van der Waals surface area contributed by atoms with Gasteiger partial charge in [-0.15, -0.1) is 12.4 Å². The third kappa shape index (κ3) is 3.15. The Kier molecular flexibility index (Phi) is 4.47. The molecule has 0 amide bonds. The Morgan fingerprint density at radius 1 is 0.800 bits per heavy atom. The summed E-state index contributed by atoms with van der Waals surface area (Å²) in [5.41, 5.74) is 0. The molecule has 1 nitrogen and oxygen atoms in total. The van der Waals surface area contributed by atoms with Crippen molar-refractivity contribution < 1.29 is 4.74 Å². The molecule has 2 aromatic rings. The number of hydrogen-bond acceptors (Lipinski definition) is 1. The van der Waals surface area contributed by atoms with Crippen LogP contribution in [0.5, 0.6) is 11.5 Å². The first-order chi connectivity index (χ1) is 6.86. The minimum absolute atomic E-state index is 0. The first-order valence-electron chi connectivity index (χ1n) is 4.34. The predicted octanol–water partition coefficient (Wildman–Crippen LogP) is 4.55. The van der Waals surface area contributed by atoms with Crippen molar-refractivity contribution in [2.45, 2.75) is 0 Å². The number of para-hydroxylation sites is 2. The highest BCUT2D eigenvalue weighted by Crippen LogP contribution is 2.28. The number of ether oxygens (including phenoxy) is 1. The number of rotatable bonds is 2. The zero-order chi connectivity index (χ0) is 9.80. The largest absolute Gasteiger partial charge is 0.456 e. The lowest BCUT2D eigenvalue weighted by Crippen LogP contribution is -1.83. The van der Waals surface area contributed by atoms with Gasteiger partial charge in [-0.1, -0.05) is 41.9 Å². The normalized spacial score (nSPS) is 9.13. The molecule has 0 aliphatic heterocycles. The van der Waals surface area contributed by atoms with E-state index in [1.807, 2.05) is 48.5 Å². The van der Waals surface area contributed by atoms with Gasteiger partial charge in [-0.25, -0.2) is 0 Å². The maximum absolute atomic E-state index is 5.95. The van der Waals surface area contributed by atoms with Gasteiger partial charge in [0.2, 0.25) is 0 Å². The van der Waals surface area contributed by atoms with Crippen molar-refractivity contribution in [2.24, 2.45) is 0 Å². The summed E-state index contributed by atoms with van der Waals surface area (Å²) in [6.45, 7) is 0. The molecule has 0 spiro atoms. The van der Waals surface area contributed by atoms with Crippen LogP contribution >= 0.6 is 24.0 Å². The van der Waals surface area contributed by atoms with Gasteiger partial charge in [0.25, 0.3) is 0 Å². The number of halogens is 2. The zero-order valence-corrected chi connectivity index (χ0v) is 9.46. The van der Waals surface area contributed by atoms with E-state index < -0.39 is 0 Å². The van der Waals surface area contributed by atoms with E-state index in [9.17, 15) is 0 Å². The summed E-state index contributed by atoms with van der Waals surface area (Å²) in [5, 5.41) is 0.622. The topological polar surface area (TPSA) is 9.23 Å². The van der Waals surface area contributed by atoms with E-state index in [4.69, 9.17) is 16.3 Å². The maximum Gasteiger partial charge on any atom is 0.146 e. The number of hydrogen-bond donors (Lipinski definition) is 0. The third-order valence-electron chi connectivity index (χ3n) is 1.81. The van der Waals surface area contributed by atoms with E-state index in [2.05, 4.69) is 0 Å². The third-order valence-corrected chi connectivity index (χ3v) is 2.12. The van der Waals surface area contributed by atoms with Gasteiger partial charge in [0.05, 0.1) is 5.02 Å². The fourth-order valence-corrected chi connectivity index (χ4v) is 1.32. The van der Waals surface area contributed by atoms with Crippen LogP contribution in [0.3, 0.4) is 0 Å². The second-order valence-electron chi connectivity index (χ2n) is 2.85. The van der Waals surface area contributed by atoms with Gasteiger partial charge in [-0.2, -0.15) is 0 Å². The first-order valence-corrected chi connectivity index (χ1v) is 4.71. The molecule has 0 saturated heterocycles. The fourth-order valence-electron chi connectivity index (χ4n) is 1.14. The summed E-state index contributed by atoms with van der Waals surface area (Å²) in [5.74, 6) is 1.47. The van der Waals surface area contributed by atoms with Gasteiger partial charge in [0.1, 0.15) is 11.5 Å². The van der Waals surface area contributed by atoms with Gasteiger partial charge >= 0.3 is 0 Å². The van der Waals surface area contributed by atoms with Gasteiger partial charge < -0.3 is 4.74 Å². The van der Waals surface area contributed by atoms with E-state index in [-0.39, 0.29) is 12.4 Å². The Labute approximate surface area is 100 Å². The Morgan fingerprint density at radius 2 is 1.40 bits per heavy atom. The molecule has 0 heterocycles. The first kappa shape index (κ1) is 11.9. The molecular formula is C12H10Cl2O. The van der Waals surface area contributed by atoms with Crippen LogP contribution in [0.4, 0.5) is 0 Å². The molecule has 3 heteroatoms. The highest BCUT2D eigenvalue weighted by molar-refractivity contribution is 6.32. The standard InChI is InChI=1S/C12H9ClO.ClH/c13-11-8-4-5-9-12(11)14-10-6-2-1-3-7-10;/h1-9H;1H. The van der Waals surface area contributed by atoms with Crippen LogP contribution < -0.4 is 4.74 Å². The maximum atomic E-state index is 5.95. The quantitative estimate of drug-likeness (QED) is 0.749. The monoisotopic (exact) mass is 240 g/mol. The zero-order valence-electron chi connectivity index (χ0n) is 7.89. The van der Waals surface area contributed by atoms with Gasteiger partial charge in [-0.3, -0.25) is 0 Å². The Bertz CT molecular complexity index is 415. The summed E-state index contributed by atoms with van der Waals surface area (Å²) < 4.78 is 5.58. The van der Waals surface area contributed by atoms with Crippen LogP contribution in [0, 0.1) is 0 Å². The smallest absolute Gasteiger partial charge is 0.146 e. The average Bonchev–Trinajstić information content (AvgIpc) is 2.23. The molecule has 0 aromatic heterocycles. The molecule has 2 rings (SSSR count). The van der Waals surface area contributed by atoms with E-state index in [1.54, 1.807) is 6.07 Å². The molecule has 0 N–H and O–H groups in total. The minimum Gasteiger partial charge on any atom is -0.456 e. The Balaban J connectivity index is 0.00000112.